The van der Waals surface area contributed by atoms with E-state index in [0.29, 0.717) is 32.2 Å². The fourth-order valence-electron chi connectivity index (χ4n) is 6.08. The normalized spacial score (nSPS) is 22.0. The molecular weight excluding hydrogens is 504 g/mol. The maximum absolute atomic E-state index is 13.3. The van der Waals surface area contributed by atoms with E-state index in [0.717, 1.165) is 89.7 Å². The van der Waals surface area contributed by atoms with E-state index in [1.807, 2.05) is 17.0 Å². The van der Waals surface area contributed by atoms with Crippen LogP contribution in [0.2, 0.25) is 0 Å². The van der Waals surface area contributed by atoms with Crippen molar-refractivity contribution in [1.82, 2.24) is 19.8 Å². The van der Waals surface area contributed by atoms with Gasteiger partial charge in [-0.2, -0.15) is 0 Å². The zero-order chi connectivity index (χ0) is 27.0. The Labute approximate surface area is 227 Å². The Hall–Kier alpha value is -2.17. The fourth-order valence-corrected chi connectivity index (χ4v) is 6.57. The molecule has 10 heteroatoms. The maximum atomic E-state index is 13.3. The molecule has 4 rings (SSSR count). The lowest BCUT2D eigenvalue weighted by Crippen LogP contribution is -2.52. The first-order valence-electron chi connectivity index (χ1n) is 14.2. The Morgan fingerprint density at radius 2 is 1.84 bits per heavy atom. The molecule has 0 aromatic heterocycles. The van der Waals surface area contributed by atoms with Gasteiger partial charge >= 0.3 is 0 Å². The average molecular weight is 549 g/mol. The monoisotopic (exact) mass is 548 g/mol. The molecule has 38 heavy (non-hydrogen) atoms. The van der Waals surface area contributed by atoms with Gasteiger partial charge in [-0.25, -0.2) is 13.1 Å². The molecule has 3 aliphatic heterocycles. The number of amides is 2. The number of nitrogens with one attached hydrogen (secondary N) is 2. The maximum Gasteiger partial charge on any atom is 0.236 e. The number of ether oxygens (including phenoxy) is 1. The predicted octanol–water partition coefficient (Wildman–Crippen LogP) is 2.17. The number of fused-ring (bicyclic) bond motifs is 1. The largest absolute Gasteiger partial charge is 0.491 e. The van der Waals surface area contributed by atoms with Crippen LogP contribution in [-0.4, -0.2) is 88.7 Å². The molecule has 0 saturated carbocycles. The first kappa shape index (κ1) is 28.8. The lowest BCUT2D eigenvalue weighted by molar-refractivity contribution is -0.137. The number of piperidine rings is 2. The van der Waals surface area contributed by atoms with E-state index in [4.69, 9.17) is 4.74 Å². The summed E-state index contributed by atoms with van der Waals surface area (Å²) in [7, 11) is -3.15. The third-order valence-corrected chi connectivity index (χ3v) is 9.24. The predicted molar refractivity (Wildman–Crippen MR) is 147 cm³/mol. The number of carbonyl (C=O) groups is 2. The fraction of sp³-hybridized carbons (Fsp3) is 0.714. The van der Waals surface area contributed by atoms with E-state index in [1.165, 1.54) is 11.8 Å². The van der Waals surface area contributed by atoms with E-state index in [-0.39, 0.29) is 17.2 Å². The van der Waals surface area contributed by atoms with Gasteiger partial charge in [0.05, 0.1) is 24.8 Å². The van der Waals surface area contributed by atoms with Gasteiger partial charge in [0.1, 0.15) is 12.4 Å². The number of benzene rings is 1. The molecule has 0 unspecified atom stereocenters. The quantitative estimate of drug-likeness (QED) is 0.564. The minimum absolute atomic E-state index is 0.133. The molecular formula is C28H44N4O5S. The first-order valence-corrected chi connectivity index (χ1v) is 16.1. The van der Waals surface area contributed by atoms with Gasteiger partial charge in [-0.05, 0) is 82.0 Å². The molecule has 0 aliphatic carbocycles. The smallest absolute Gasteiger partial charge is 0.236 e. The molecule has 9 nitrogen and oxygen atoms in total. The molecule has 2 fully saturated rings. The Bertz CT molecular complexity index is 1050. The lowest BCUT2D eigenvalue weighted by Gasteiger charge is -2.41. The summed E-state index contributed by atoms with van der Waals surface area (Å²) in [5, 5.41) is 3.13. The SMILES string of the molecule is CS(=O)(=O)NCCC1CCN(C(=O)CN2CCC3(CCCCc4ccccc4OCCNC3=O)CC2)CC1. The van der Waals surface area contributed by atoms with Gasteiger partial charge in [-0.3, -0.25) is 14.5 Å². The number of hydrogen-bond donors (Lipinski definition) is 2. The minimum atomic E-state index is -3.15. The highest BCUT2D eigenvalue weighted by Gasteiger charge is 2.41. The summed E-state index contributed by atoms with van der Waals surface area (Å²) < 4.78 is 31.0. The Kier molecular flexibility index (Phi) is 10.1. The van der Waals surface area contributed by atoms with Gasteiger partial charge in [-0.15, -0.1) is 0 Å². The van der Waals surface area contributed by atoms with E-state index in [1.54, 1.807) is 0 Å². The number of aryl methyl sites for hydroxylation is 1. The van der Waals surface area contributed by atoms with Gasteiger partial charge in [-0.1, -0.05) is 24.6 Å². The van der Waals surface area contributed by atoms with Gasteiger partial charge in [0.2, 0.25) is 21.8 Å². The van der Waals surface area contributed by atoms with Gasteiger partial charge < -0.3 is 15.0 Å². The summed E-state index contributed by atoms with van der Waals surface area (Å²) >= 11 is 0. The molecule has 0 radical (unpaired) electrons. The molecule has 1 aromatic carbocycles. The van der Waals surface area contributed by atoms with E-state index >= 15 is 0 Å². The van der Waals surface area contributed by atoms with E-state index in [9.17, 15) is 18.0 Å². The second-order valence-electron chi connectivity index (χ2n) is 11.3. The zero-order valence-corrected chi connectivity index (χ0v) is 23.6. The summed E-state index contributed by atoms with van der Waals surface area (Å²) in [4.78, 5) is 30.5. The Morgan fingerprint density at radius 1 is 1.11 bits per heavy atom. The van der Waals surface area contributed by atoms with Crippen LogP contribution < -0.4 is 14.8 Å². The van der Waals surface area contributed by atoms with Crippen LogP contribution in [-0.2, 0) is 26.0 Å². The number of sulfonamides is 1. The standard InChI is InChI=1S/C28H44N4O5S/c1-38(35,36)30-15-9-23-10-17-32(18-11-23)26(33)22-31-19-13-28(14-20-31)12-5-4-7-24-6-2-3-8-25(24)37-21-16-29-27(28)34/h2-3,6,8,23,30H,4-5,7,9-22H2,1H3,(H,29,34). The lowest BCUT2D eigenvalue weighted by atomic mass is 9.73. The summed E-state index contributed by atoms with van der Waals surface area (Å²) in [6.07, 6.45) is 9.22. The number of rotatable bonds is 6. The Morgan fingerprint density at radius 3 is 2.58 bits per heavy atom. The molecule has 1 aromatic rings. The van der Waals surface area contributed by atoms with Crippen LogP contribution in [0.1, 0.15) is 56.9 Å². The number of hydrogen-bond acceptors (Lipinski definition) is 6. The summed E-state index contributed by atoms with van der Waals surface area (Å²) in [5.41, 5.74) is 0.868. The van der Waals surface area contributed by atoms with Gasteiger partial charge in [0, 0.05) is 19.6 Å². The second-order valence-corrected chi connectivity index (χ2v) is 13.1. The van der Waals surface area contributed by atoms with Crippen molar-refractivity contribution in [2.45, 2.75) is 57.8 Å². The van der Waals surface area contributed by atoms with Crippen molar-refractivity contribution < 1.29 is 22.7 Å². The molecule has 0 atom stereocenters. The molecule has 3 aliphatic rings. The second kappa shape index (κ2) is 13.3. The summed E-state index contributed by atoms with van der Waals surface area (Å²) in [6.45, 7) is 4.80. The molecule has 2 saturated heterocycles. The highest BCUT2D eigenvalue weighted by atomic mass is 32.2. The molecule has 1 spiro atoms. The molecule has 3 heterocycles. The third-order valence-electron chi connectivity index (χ3n) is 8.51. The molecule has 2 N–H and O–H groups in total. The Balaban J connectivity index is 1.22. The minimum Gasteiger partial charge on any atom is -0.491 e. The van der Waals surface area contributed by atoms with Crippen LogP contribution in [0.15, 0.2) is 24.3 Å². The van der Waals surface area contributed by atoms with Crippen molar-refractivity contribution in [1.29, 1.82) is 0 Å². The number of carbonyl (C=O) groups excluding carboxylic acids is 2. The van der Waals surface area contributed by atoms with Gasteiger partial charge in [0.25, 0.3) is 0 Å². The van der Waals surface area contributed by atoms with Crippen molar-refractivity contribution in [3.05, 3.63) is 29.8 Å². The van der Waals surface area contributed by atoms with Crippen LogP contribution in [0.3, 0.4) is 0 Å². The third kappa shape index (κ3) is 8.16. The number of likely N-dealkylation sites (tertiary alicyclic amines) is 2. The summed E-state index contributed by atoms with van der Waals surface area (Å²) in [5.74, 6) is 1.66. The molecule has 0 bridgehead atoms. The van der Waals surface area contributed by atoms with Crippen molar-refractivity contribution >= 4 is 21.8 Å². The highest BCUT2D eigenvalue weighted by Crippen LogP contribution is 2.37. The zero-order valence-electron chi connectivity index (χ0n) is 22.8. The summed E-state index contributed by atoms with van der Waals surface area (Å²) in [6, 6.07) is 8.17. The van der Waals surface area contributed by atoms with Crippen LogP contribution in [0, 0.1) is 11.3 Å². The molecule has 2 amide bonds. The average Bonchev–Trinajstić information content (AvgIpc) is 2.89. The van der Waals surface area contributed by atoms with Crippen LogP contribution in [0.4, 0.5) is 0 Å². The van der Waals surface area contributed by atoms with Crippen molar-refractivity contribution in [2.24, 2.45) is 11.3 Å². The highest BCUT2D eigenvalue weighted by molar-refractivity contribution is 7.88. The van der Waals surface area contributed by atoms with Crippen molar-refractivity contribution in [2.75, 3.05) is 58.7 Å². The molecule has 212 valence electrons. The topological polar surface area (TPSA) is 108 Å². The van der Waals surface area contributed by atoms with Crippen molar-refractivity contribution in [3.8, 4) is 5.75 Å². The number of nitrogens with zero attached hydrogens (tertiary/aromatic N) is 2. The number of para-hydroxylation sites is 1. The van der Waals surface area contributed by atoms with E-state index < -0.39 is 10.0 Å². The first-order chi connectivity index (χ1) is 18.2. The van der Waals surface area contributed by atoms with Gasteiger partial charge in [0.15, 0.2) is 0 Å². The van der Waals surface area contributed by atoms with Crippen LogP contribution >= 0.6 is 0 Å². The van der Waals surface area contributed by atoms with Crippen LogP contribution in [0.5, 0.6) is 5.75 Å². The van der Waals surface area contributed by atoms with Crippen LogP contribution in [0.25, 0.3) is 0 Å². The van der Waals surface area contributed by atoms with Crippen molar-refractivity contribution in [3.63, 3.8) is 0 Å². The van der Waals surface area contributed by atoms with E-state index in [2.05, 4.69) is 27.1 Å².